The van der Waals surface area contributed by atoms with Gasteiger partial charge < -0.3 is 10.6 Å². The van der Waals surface area contributed by atoms with Gasteiger partial charge >= 0.3 is 0 Å². The monoisotopic (exact) mass is 296 g/mol. The largest absolute Gasteiger partial charge is 0.369 e. The third-order valence-corrected chi connectivity index (χ3v) is 4.34. The van der Waals surface area contributed by atoms with Crippen LogP contribution < -0.4 is 10.6 Å². The van der Waals surface area contributed by atoms with E-state index in [4.69, 9.17) is 11.6 Å². The molecule has 1 fully saturated rings. The van der Waals surface area contributed by atoms with E-state index in [1.165, 1.54) is 32.1 Å². The summed E-state index contributed by atoms with van der Waals surface area (Å²) in [5, 5.41) is 7.03. The highest BCUT2D eigenvalue weighted by atomic mass is 35.5. The summed E-state index contributed by atoms with van der Waals surface area (Å²) in [5.74, 6) is 3.14. The summed E-state index contributed by atoms with van der Waals surface area (Å²) in [6, 6.07) is 0. The Morgan fingerprint density at radius 2 is 2.00 bits per heavy atom. The minimum atomic E-state index is 0.587. The number of hydrogen-bond acceptors (Lipinski definition) is 4. The molecule has 0 spiro atoms. The maximum atomic E-state index is 6.12. The van der Waals surface area contributed by atoms with E-state index in [0.29, 0.717) is 11.0 Å². The van der Waals surface area contributed by atoms with Gasteiger partial charge in [-0.15, -0.1) is 0 Å². The number of aromatic nitrogens is 2. The summed E-state index contributed by atoms with van der Waals surface area (Å²) < 4.78 is 0. The van der Waals surface area contributed by atoms with Crippen LogP contribution in [0.25, 0.3) is 0 Å². The Balaban J connectivity index is 1.79. The van der Waals surface area contributed by atoms with Crippen molar-refractivity contribution < 1.29 is 0 Å². The van der Waals surface area contributed by atoms with E-state index in [-0.39, 0.29) is 0 Å². The molecule has 20 heavy (non-hydrogen) atoms. The van der Waals surface area contributed by atoms with Gasteiger partial charge in [-0.05, 0) is 25.2 Å². The van der Waals surface area contributed by atoms with E-state index < -0.39 is 0 Å². The van der Waals surface area contributed by atoms with E-state index in [1.54, 1.807) is 6.20 Å². The molecule has 1 aromatic heterocycles. The first-order valence-electron chi connectivity index (χ1n) is 7.69. The number of hydrogen-bond donors (Lipinski definition) is 2. The fourth-order valence-corrected chi connectivity index (χ4v) is 2.90. The van der Waals surface area contributed by atoms with Crippen molar-refractivity contribution in [3.63, 3.8) is 0 Å². The van der Waals surface area contributed by atoms with E-state index in [0.717, 1.165) is 30.7 Å². The predicted molar refractivity (Wildman–Crippen MR) is 85.4 cm³/mol. The van der Waals surface area contributed by atoms with Gasteiger partial charge in [-0.2, -0.15) is 4.98 Å². The molecule has 1 saturated carbocycles. The number of halogens is 1. The summed E-state index contributed by atoms with van der Waals surface area (Å²) in [7, 11) is 0. The standard InChI is InChI=1S/C15H25ClN4/c1-3-17-15-19-10-13(16)14(20-15)18-9-8-12-6-4-11(2)5-7-12/h10-12H,3-9H2,1-2H3,(H2,17,18,19,20). The van der Waals surface area contributed by atoms with Gasteiger partial charge in [0.2, 0.25) is 5.95 Å². The van der Waals surface area contributed by atoms with Crippen LogP contribution in [0.15, 0.2) is 6.20 Å². The van der Waals surface area contributed by atoms with Crippen LogP contribution in [0.1, 0.15) is 46.0 Å². The van der Waals surface area contributed by atoms with Gasteiger partial charge in [-0.3, -0.25) is 0 Å². The Bertz CT molecular complexity index is 416. The second-order valence-electron chi connectivity index (χ2n) is 5.76. The van der Waals surface area contributed by atoms with Gasteiger partial charge in [-0.25, -0.2) is 4.98 Å². The van der Waals surface area contributed by atoms with Crippen LogP contribution in [-0.2, 0) is 0 Å². The van der Waals surface area contributed by atoms with Gasteiger partial charge in [0.1, 0.15) is 10.8 Å². The summed E-state index contributed by atoms with van der Waals surface area (Å²) in [6.07, 6.45) is 8.33. The summed E-state index contributed by atoms with van der Waals surface area (Å²) >= 11 is 6.12. The topological polar surface area (TPSA) is 49.8 Å². The molecule has 2 N–H and O–H groups in total. The summed E-state index contributed by atoms with van der Waals surface area (Å²) in [4.78, 5) is 8.53. The molecule has 0 saturated heterocycles. The van der Waals surface area contributed by atoms with Gasteiger partial charge in [0.25, 0.3) is 0 Å². The van der Waals surface area contributed by atoms with Crippen LogP contribution in [0.4, 0.5) is 11.8 Å². The second-order valence-corrected chi connectivity index (χ2v) is 6.17. The minimum Gasteiger partial charge on any atom is -0.369 e. The van der Waals surface area contributed by atoms with Crippen molar-refractivity contribution in [1.29, 1.82) is 0 Å². The Morgan fingerprint density at radius 1 is 1.25 bits per heavy atom. The molecule has 112 valence electrons. The molecule has 1 heterocycles. The predicted octanol–water partition coefficient (Wildman–Crippen LogP) is 4.19. The Morgan fingerprint density at radius 3 is 2.70 bits per heavy atom. The molecule has 0 aliphatic heterocycles. The molecule has 0 atom stereocenters. The third-order valence-electron chi connectivity index (χ3n) is 4.06. The molecular weight excluding hydrogens is 272 g/mol. The van der Waals surface area contributed by atoms with Gasteiger partial charge in [0, 0.05) is 13.1 Å². The zero-order chi connectivity index (χ0) is 14.4. The molecule has 5 heteroatoms. The number of rotatable bonds is 6. The van der Waals surface area contributed by atoms with Crippen molar-refractivity contribution >= 4 is 23.4 Å². The van der Waals surface area contributed by atoms with E-state index in [2.05, 4.69) is 27.5 Å². The molecule has 0 amide bonds. The first-order valence-corrected chi connectivity index (χ1v) is 8.07. The van der Waals surface area contributed by atoms with Crippen molar-refractivity contribution in [3.8, 4) is 0 Å². The molecule has 0 bridgehead atoms. The molecule has 0 unspecified atom stereocenters. The highest BCUT2D eigenvalue weighted by molar-refractivity contribution is 6.32. The molecular formula is C15H25ClN4. The van der Waals surface area contributed by atoms with Crippen LogP contribution in [0.2, 0.25) is 5.02 Å². The van der Waals surface area contributed by atoms with Crippen LogP contribution in [0, 0.1) is 11.8 Å². The fourth-order valence-electron chi connectivity index (χ4n) is 2.75. The second kappa shape index (κ2) is 7.67. The van der Waals surface area contributed by atoms with Crippen LogP contribution >= 0.6 is 11.6 Å². The first-order chi connectivity index (χ1) is 9.69. The van der Waals surface area contributed by atoms with Crippen molar-refractivity contribution in [3.05, 3.63) is 11.2 Å². The minimum absolute atomic E-state index is 0.587. The molecule has 0 aromatic carbocycles. The van der Waals surface area contributed by atoms with Crippen LogP contribution in [-0.4, -0.2) is 23.1 Å². The quantitative estimate of drug-likeness (QED) is 0.826. The van der Waals surface area contributed by atoms with Crippen molar-refractivity contribution in [2.75, 3.05) is 23.7 Å². The number of nitrogens with zero attached hydrogens (tertiary/aromatic N) is 2. The van der Waals surface area contributed by atoms with E-state index in [1.807, 2.05) is 6.92 Å². The highest BCUT2D eigenvalue weighted by Crippen LogP contribution is 2.30. The van der Waals surface area contributed by atoms with Crippen molar-refractivity contribution in [2.45, 2.75) is 46.0 Å². The van der Waals surface area contributed by atoms with Crippen LogP contribution in [0.3, 0.4) is 0 Å². The SMILES string of the molecule is CCNc1ncc(Cl)c(NCCC2CCC(C)CC2)n1. The van der Waals surface area contributed by atoms with Gasteiger partial charge in [-0.1, -0.05) is 44.2 Å². The van der Waals surface area contributed by atoms with Gasteiger partial charge in [0.05, 0.1) is 6.20 Å². The fraction of sp³-hybridized carbons (Fsp3) is 0.733. The average molecular weight is 297 g/mol. The molecule has 1 aliphatic rings. The zero-order valence-electron chi connectivity index (χ0n) is 12.5. The molecule has 1 aliphatic carbocycles. The molecule has 2 rings (SSSR count). The molecule has 1 aromatic rings. The lowest BCUT2D eigenvalue weighted by Gasteiger charge is -2.26. The third kappa shape index (κ3) is 4.51. The zero-order valence-corrected chi connectivity index (χ0v) is 13.2. The average Bonchev–Trinajstić information content (AvgIpc) is 2.45. The summed E-state index contributed by atoms with van der Waals surface area (Å²) in [5.41, 5.74) is 0. The number of anilines is 2. The van der Waals surface area contributed by atoms with Gasteiger partial charge in [0.15, 0.2) is 0 Å². The maximum absolute atomic E-state index is 6.12. The highest BCUT2D eigenvalue weighted by Gasteiger charge is 2.17. The smallest absolute Gasteiger partial charge is 0.224 e. The lowest BCUT2D eigenvalue weighted by Crippen LogP contribution is -2.16. The van der Waals surface area contributed by atoms with Crippen molar-refractivity contribution in [2.24, 2.45) is 11.8 Å². The lowest BCUT2D eigenvalue weighted by molar-refractivity contribution is 0.282. The number of nitrogens with one attached hydrogen (secondary N) is 2. The van der Waals surface area contributed by atoms with E-state index >= 15 is 0 Å². The Kier molecular flexibility index (Phi) is 5.89. The lowest BCUT2D eigenvalue weighted by atomic mass is 9.81. The Labute approximate surface area is 126 Å². The Hall–Kier alpha value is -1.03. The molecule has 4 nitrogen and oxygen atoms in total. The molecule has 0 radical (unpaired) electrons. The van der Waals surface area contributed by atoms with Crippen molar-refractivity contribution in [1.82, 2.24) is 9.97 Å². The summed E-state index contributed by atoms with van der Waals surface area (Å²) in [6.45, 7) is 6.12. The maximum Gasteiger partial charge on any atom is 0.224 e. The van der Waals surface area contributed by atoms with Crippen LogP contribution in [0.5, 0.6) is 0 Å². The normalized spacial score (nSPS) is 22.6. The first kappa shape index (κ1) is 15.4. The van der Waals surface area contributed by atoms with E-state index in [9.17, 15) is 0 Å².